The largest absolute Gasteiger partial charge is 0.207 e. The Hall–Kier alpha value is -1.29. The van der Waals surface area contributed by atoms with Gasteiger partial charge < -0.3 is 0 Å². The van der Waals surface area contributed by atoms with Crippen LogP contribution in [0.5, 0.6) is 0 Å². The molecule has 1 aromatic carbocycles. The molecule has 0 unspecified atom stereocenters. The van der Waals surface area contributed by atoms with Crippen LogP contribution in [-0.4, -0.2) is 0 Å². The number of hydrogen-bond donors (Lipinski definition) is 0. The van der Waals surface area contributed by atoms with Gasteiger partial charge in [0.25, 0.3) is 0 Å². The second-order valence-electron chi connectivity index (χ2n) is 4.48. The molecular weight excluding hydrogens is 211 g/mol. The summed E-state index contributed by atoms with van der Waals surface area (Å²) in [6.45, 7) is 4.10. The SMILES string of the molecule is CCCCCCCC#Cc1cc(C)cc(F)c1. The van der Waals surface area contributed by atoms with Crippen molar-refractivity contribution in [3.05, 3.63) is 35.1 Å². The van der Waals surface area contributed by atoms with Gasteiger partial charge in [0.2, 0.25) is 0 Å². The van der Waals surface area contributed by atoms with Gasteiger partial charge in [0, 0.05) is 12.0 Å². The van der Waals surface area contributed by atoms with Gasteiger partial charge in [-0.1, -0.05) is 44.4 Å². The lowest BCUT2D eigenvalue weighted by molar-refractivity contribution is 0.626. The molecule has 0 atom stereocenters. The standard InChI is InChI=1S/C16H21F/c1-3-4-5-6-7-8-9-10-15-11-14(2)12-16(17)13-15/h11-13H,3-8H2,1-2H3. The van der Waals surface area contributed by atoms with Crippen molar-refractivity contribution in [3.63, 3.8) is 0 Å². The average molecular weight is 232 g/mol. The summed E-state index contributed by atoms with van der Waals surface area (Å²) in [5, 5.41) is 0. The Morgan fingerprint density at radius 2 is 1.82 bits per heavy atom. The lowest BCUT2D eigenvalue weighted by Gasteiger charge is -1.96. The summed E-state index contributed by atoms with van der Waals surface area (Å²) in [4.78, 5) is 0. The number of unbranched alkanes of at least 4 members (excludes halogenated alkanes) is 5. The number of rotatable bonds is 5. The quantitative estimate of drug-likeness (QED) is 0.503. The molecule has 0 heterocycles. The van der Waals surface area contributed by atoms with Gasteiger partial charge in [-0.15, -0.1) is 0 Å². The first kappa shape index (κ1) is 13.8. The van der Waals surface area contributed by atoms with Crippen LogP contribution in [0.25, 0.3) is 0 Å². The predicted molar refractivity (Wildman–Crippen MR) is 71.4 cm³/mol. The summed E-state index contributed by atoms with van der Waals surface area (Å²) in [7, 11) is 0. The molecule has 0 bridgehead atoms. The van der Waals surface area contributed by atoms with Crippen LogP contribution in [0.15, 0.2) is 18.2 Å². The van der Waals surface area contributed by atoms with Crippen molar-refractivity contribution in [1.29, 1.82) is 0 Å². The second kappa shape index (κ2) is 7.90. The average Bonchev–Trinajstić information content (AvgIpc) is 2.26. The summed E-state index contributed by atoms with van der Waals surface area (Å²) >= 11 is 0. The third-order valence-corrected chi connectivity index (χ3v) is 2.68. The first-order chi connectivity index (χ1) is 8.22. The monoisotopic (exact) mass is 232 g/mol. The highest BCUT2D eigenvalue weighted by molar-refractivity contribution is 5.37. The molecule has 0 radical (unpaired) electrons. The summed E-state index contributed by atoms with van der Waals surface area (Å²) in [5.74, 6) is 5.95. The molecular formula is C16H21F. The Kier molecular flexibility index (Phi) is 6.40. The van der Waals surface area contributed by atoms with Crippen molar-refractivity contribution in [2.75, 3.05) is 0 Å². The zero-order chi connectivity index (χ0) is 12.5. The maximum absolute atomic E-state index is 13.1. The van der Waals surface area contributed by atoms with E-state index in [2.05, 4.69) is 18.8 Å². The molecule has 1 aromatic rings. The molecule has 92 valence electrons. The molecule has 0 aliphatic heterocycles. The number of benzene rings is 1. The van der Waals surface area contributed by atoms with E-state index in [0.717, 1.165) is 24.0 Å². The van der Waals surface area contributed by atoms with E-state index < -0.39 is 0 Å². The highest BCUT2D eigenvalue weighted by Crippen LogP contribution is 2.08. The van der Waals surface area contributed by atoms with E-state index in [1.807, 2.05) is 13.0 Å². The molecule has 0 nitrogen and oxygen atoms in total. The van der Waals surface area contributed by atoms with Crippen molar-refractivity contribution in [2.24, 2.45) is 0 Å². The maximum atomic E-state index is 13.1. The van der Waals surface area contributed by atoms with Gasteiger partial charge in [-0.25, -0.2) is 4.39 Å². The fraction of sp³-hybridized carbons (Fsp3) is 0.500. The minimum Gasteiger partial charge on any atom is -0.207 e. The molecule has 0 saturated carbocycles. The molecule has 0 aliphatic rings. The lowest BCUT2D eigenvalue weighted by atomic mass is 10.1. The zero-order valence-corrected chi connectivity index (χ0v) is 10.9. The van der Waals surface area contributed by atoms with E-state index in [-0.39, 0.29) is 5.82 Å². The molecule has 0 aromatic heterocycles. The third kappa shape index (κ3) is 6.12. The molecule has 0 amide bonds. The van der Waals surface area contributed by atoms with E-state index in [9.17, 15) is 4.39 Å². The van der Waals surface area contributed by atoms with Crippen molar-refractivity contribution in [3.8, 4) is 11.8 Å². The molecule has 0 aliphatic carbocycles. The van der Waals surface area contributed by atoms with Crippen LogP contribution in [0.3, 0.4) is 0 Å². The van der Waals surface area contributed by atoms with Gasteiger partial charge in [0.1, 0.15) is 5.82 Å². The minimum absolute atomic E-state index is 0.197. The van der Waals surface area contributed by atoms with Crippen LogP contribution < -0.4 is 0 Å². The van der Waals surface area contributed by atoms with Crippen molar-refractivity contribution in [1.82, 2.24) is 0 Å². The molecule has 0 N–H and O–H groups in total. The summed E-state index contributed by atoms with van der Waals surface area (Å²) in [5.41, 5.74) is 1.72. The summed E-state index contributed by atoms with van der Waals surface area (Å²) in [6.07, 6.45) is 7.22. The van der Waals surface area contributed by atoms with Crippen LogP contribution in [0, 0.1) is 24.6 Å². The van der Waals surface area contributed by atoms with Gasteiger partial charge in [0.15, 0.2) is 0 Å². The molecule has 17 heavy (non-hydrogen) atoms. The number of halogens is 1. The van der Waals surface area contributed by atoms with Crippen molar-refractivity contribution in [2.45, 2.75) is 52.4 Å². The second-order valence-corrected chi connectivity index (χ2v) is 4.48. The minimum atomic E-state index is -0.197. The lowest BCUT2D eigenvalue weighted by Crippen LogP contribution is -1.82. The van der Waals surface area contributed by atoms with Crippen LogP contribution in [0.1, 0.15) is 56.6 Å². The topological polar surface area (TPSA) is 0 Å². The van der Waals surface area contributed by atoms with Gasteiger partial charge in [-0.2, -0.15) is 0 Å². The summed E-state index contributed by atoms with van der Waals surface area (Å²) < 4.78 is 13.1. The Morgan fingerprint density at radius 3 is 2.53 bits per heavy atom. The van der Waals surface area contributed by atoms with Gasteiger partial charge >= 0.3 is 0 Å². The molecule has 0 spiro atoms. The smallest absolute Gasteiger partial charge is 0.124 e. The first-order valence-corrected chi connectivity index (χ1v) is 6.48. The zero-order valence-electron chi connectivity index (χ0n) is 10.9. The Bertz CT molecular complexity index is 375. The van der Waals surface area contributed by atoms with Crippen molar-refractivity contribution < 1.29 is 4.39 Å². The number of aryl methyl sites for hydroxylation is 1. The molecule has 0 fully saturated rings. The fourth-order valence-electron chi connectivity index (χ4n) is 1.79. The highest BCUT2D eigenvalue weighted by Gasteiger charge is 1.94. The van der Waals surface area contributed by atoms with E-state index in [1.54, 1.807) is 0 Å². The van der Waals surface area contributed by atoms with Crippen molar-refractivity contribution >= 4 is 0 Å². The van der Waals surface area contributed by atoms with E-state index >= 15 is 0 Å². The normalized spacial score (nSPS) is 9.82. The van der Waals surface area contributed by atoms with Gasteiger partial charge in [0.05, 0.1) is 0 Å². The van der Waals surface area contributed by atoms with E-state index in [0.29, 0.717) is 0 Å². The number of hydrogen-bond acceptors (Lipinski definition) is 0. The van der Waals surface area contributed by atoms with E-state index in [4.69, 9.17) is 0 Å². The predicted octanol–water partition coefficient (Wildman–Crippen LogP) is 4.85. The Balaban J connectivity index is 2.33. The van der Waals surface area contributed by atoms with Crippen LogP contribution in [0.2, 0.25) is 0 Å². The Labute approximate surface area is 104 Å². The molecule has 1 heteroatoms. The first-order valence-electron chi connectivity index (χ1n) is 6.48. The van der Waals surface area contributed by atoms with Gasteiger partial charge in [-0.05, 0) is 37.1 Å². The Morgan fingerprint density at radius 1 is 1.06 bits per heavy atom. The van der Waals surface area contributed by atoms with Crippen LogP contribution in [-0.2, 0) is 0 Å². The molecule has 1 rings (SSSR count). The van der Waals surface area contributed by atoms with Gasteiger partial charge in [-0.3, -0.25) is 0 Å². The fourth-order valence-corrected chi connectivity index (χ4v) is 1.79. The summed E-state index contributed by atoms with van der Waals surface area (Å²) in [6, 6.07) is 4.94. The van der Waals surface area contributed by atoms with Crippen LogP contribution in [0.4, 0.5) is 4.39 Å². The maximum Gasteiger partial charge on any atom is 0.124 e. The van der Waals surface area contributed by atoms with E-state index in [1.165, 1.54) is 37.8 Å². The highest BCUT2D eigenvalue weighted by atomic mass is 19.1. The molecule has 0 saturated heterocycles. The van der Waals surface area contributed by atoms with Crippen LogP contribution >= 0.6 is 0 Å². The third-order valence-electron chi connectivity index (χ3n) is 2.68.